The van der Waals surface area contributed by atoms with Gasteiger partial charge in [0.25, 0.3) is 0 Å². The minimum atomic E-state index is -0.181. The predicted molar refractivity (Wildman–Crippen MR) is 595 cm³/mol. The zero-order valence-corrected chi connectivity index (χ0v) is 93.2. The second-order valence-corrected chi connectivity index (χ2v) is 38.9. The van der Waals surface area contributed by atoms with E-state index in [2.05, 4.69) is 241 Å². The Morgan fingerprint density at radius 3 is 0.599 bits per heavy atom. The van der Waals surface area contributed by atoms with E-state index in [0.29, 0.717) is 109 Å². The molecule has 9 aromatic carbocycles. The molecule has 0 saturated heterocycles. The molecule has 0 spiro atoms. The zero-order chi connectivity index (χ0) is 105. The van der Waals surface area contributed by atoms with Gasteiger partial charge >= 0.3 is 0 Å². The topological polar surface area (TPSA) is 171 Å². The first-order valence-corrected chi connectivity index (χ1v) is 55.1. The fourth-order valence-electron chi connectivity index (χ4n) is 16.4. The van der Waals surface area contributed by atoms with Gasteiger partial charge in [0, 0.05) is 26.2 Å². The Hall–Kier alpha value is -9.06. The molecule has 0 amide bonds. The second-order valence-electron chi connectivity index (χ2n) is 38.9. The SMILES string of the molecule is CCC(C)c1ccc(O)cc1.CCC(C)c1ccc(O)cc1.CCC(C)c1ccc(OC(C)OC2CCCCC2)cc1.CCC(C)c1ccc(OC(C)OC2CCCCC2)cc1.CCC(C)c1ccc(OC(C)OC2CCCCC2)cc1.CCC(C)c1cccc(O)c1.CCOC(C)Oc1ccc(C(C)CC)cc1.CCOC(C)Oc1ccc(C(C)CC)cc1.CCOC(CC)Oc1ccc(C(C)CC)cc1. The Balaban J connectivity index is 0.000000336. The molecule has 12 rings (SSSR count). The van der Waals surface area contributed by atoms with Gasteiger partial charge in [0.1, 0.15) is 51.7 Å². The van der Waals surface area contributed by atoms with E-state index in [1.165, 1.54) is 166 Å². The first-order chi connectivity index (χ1) is 68.3. The highest BCUT2D eigenvalue weighted by Gasteiger charge is 2.23. The molecule has 15 nitrogen and oxygen atoms in total. The van der Waals surface area contributed by atoms with E-state index in [1.807, 2.05) is 134 Å². The molecular weight excluding hydrogens is 1770 g/mol. The molecule has 15 atom stereocenters. The molecule has 0 heterocycles. The Bertz CT molecular complexity index is 4210. The third-order valence-electron chi connectivity index (χ3n) is 27.6. The maximum absolute atomic E-state index is 9.16. The maximum atomic E-state index is 9.16. The van der Waals surface area contributed by atoms with Crippen LogP contribution in [0.25, 0.3) is 0 Å². The average Bonchev–Trinajstić information content (AvgIpc) is 0.899. The quantitative estimate of drug-likeness (QED) is 0.0308. The van der Waals surface area contributed by atoms with Crippen LogP contribution in [0.2, 0.25) is 0 Å². The molecule has 142 heavy (non-hydrogen) atoms. The normalized spacial score (nSPS) is 16.2. The van der Waals surface area contributed by atoms with Gasteiger partial charge in [0.05, 0.1) is 18.3 Å². The Kier molecular flexibility index (Phi) is 65.2. The number of hydrogen-bond donors (Lipinski definition) is 3. The molecule has 0 aliphatic heterocycles. The molecule has 3 aliphatic rings. The second kappa shape index (κ2) is 73.9. The van der Waals surface area contributed by atoms with Crippen LogP contribution in [-0.2, 0) is 28.4 Å². The van der Waals surface area contributed by atoms with Crippen LogP contribution in [0.3, 0.4) is 0 Å². The van der Waals surface area contributed by atoms with Crippen LogP contribution in [0.15, 0.2) is 218 Å². The van der Waals surface area contributed by atoms with E-state index in [1.54, 1.807) is 30.3 Å². The highest BCUT2D eigenvalue weighted by Crippen LogP contribution is 2.34. The van der Waals surface area contributed by atoms with Crippen LogP contribution >= 0.6 is 0 Å². The highest BCUT2D eigenvalue weighted by molar-refractivity contribution is 5.36. The summed E-state index contributed by atoms with van der Waals surface area (Å²) in [5, 5.41) is 27.2. The van der Waals surface area contributed by atoms with Crippen molar-refractivity contribution >= 4 is 0 Å². The van der Waals surface area contributed by atoms with E-state index in [4.69, 9.17) is 72.2 Å². The summed E-state index contributed by atoms with van der Waals surface area (Å²) in [6, 6.07) is 72.5. The van der Waals surface area contributed by atoms with Crippen molar-refractivity contribution in [1.82, 2.24) is 0 Å². The largest absolute Gasteiger partial charge is 0.508 e. The van der Waals surface area contributed by atoms with Gasteiger partial charge < -0.3 is 72.2 Å². The van der Waals surface area contributed by atoms with E-state index in [9.17, 15) is 0 Å². The first-order valence-electron chi connectivity index (χ1n) is 55.1. The number of benzene rings is 9. The molecule has 15 unspecified atom stereocenters. The van der Waals surface area contributed by atoms with Crippen molar-refractivity contribution in [2.75, 3.05) is 19.8 Å². The van der Waals surface area contributed by atoms with Crippen molar-refractivity contribution in [3.8, 4) is 51.7 Å². The molecule has 3 N–H and O–H groups in total. The van der Waals surface area contributed by atoms with Gasteiger partial charge in [-0.1, -0.05) is 299 Å². The lowest BCUT2D eigenvalue weighted by atomic mass is 9.98. The van der Waals surface area contributed by atoms with Crippen molar-refractivity contribution in [2.45, 2.75) is 457 Å². The summed E-state index contributed by atoms with van der Waals surface area (Å²) in [7, 11) is 0. The Morgan fingerprint density at radius 1 is 0.204 bits per heavy atom. The number of hydrogen-bond acceptors (Lipinski definition) is 15. The van der Waals surface area contributed by atoms with Crippen molar-refractivity contribution in [2.24, 2.45) is 0 Å². The molecule has 0 radical (unpaired) electrons. The van der Waals surface area contributed by atoms with Gasteiger partial charge in [0.15, 0.2) is 37.7 Å². The standard InChI is InChI=1S/3C18H28O2.C15H24O2.2C14H22O2.3C10H14O/c3*1-4-14(2)16-10-12-18(13-11-16)20-15(3)19-17-8-6-5-7-9-17;1-5-12(4)13-8-10-14(11-9-13)17-15(6-2)16-7-3;2*1-5-11(3)13-7-9-14(10-8-13)16-12(4)15-6-2;2*1-3-8(2)9-4-6-10(11)7-5-9;1-3-8(2)9-5-4-6-10(11)7-9/h3*10-15,17H,4-9H2,1-3H3;8-12,15H,5-7H2,1-4H3;2*7-12H,5-6H2,1-4H3;3*4-8,11H,3H2,1-2H3. The first kappa shape index (κ1) is 125. The Morgan fingerprint density at radius 2 is 0.401 bits per heavy atom. The number of aromatic hydroxyl groups is 3. The van der Waals surface area contributed by atoms with Crippen LogP contribution in [0.5, 0.6) is 51.7 Å². The fraction of sp³-hybridized carbons (Fsp3) is 0.575. The molecule has 792 valence electrons. The van der Waals surface area contributed by atoms with E-state index >= 15 is 0 Å². The van der Waals surface area contributed by atoms with Gasteiger partial charge in [-0.2, -0.15) is 0 Å². The number of phenols is 3. The van der Waals surface area contributed by atoms with Gasteiger partial charge in [0.2, 0.25) is 0 Å². The lowest BCUT2D eigenvalue weighted by Gasteiger charge is -2.26. The predicted octanol–water partition coefficient (Wildman–Crippen LogP) is 36.8. The zero-order valence-electron chi connectivity index (χ0n) is 93.2. The molecule has 3 saturated carbocycles. The van der Waals surface area contributed by atoms with Crippen LogP contribution in [0.1, 0.15) is 451 Å². The molecule has 9 aromatic rings. The molecule has 15 heteroatoms. The molecular formula is C127H194O15. The minimum Gasteiger partial charge on any atom is -0.508 e. The number of ether oxygens (including phenoxy) is 12. The number of rotatable bonds is 43. The van der Waals surface area contributed by atoms with E-state index in [-0.39, 0.29) is 37.7 Å². The van der Waals surface area contributed by atoms with Crippen LogP contribution in [-0.4, -0.2) is 91.2 Å². The van der Waals surface area contributed by atoms with Gasteiger partial charge in [-0.25, -0.2) is 0 Å². The number of phenolic OH excluding ortho intramolecular Hbond substituents is 3. The molecule has 3 fully saturated rings. The van der Waals surface area contributed by atoms with E-state index < -0.39 is 0 Å². The molecule has 0 bridgehead atoms. The summed E-state index contributed by atoms with van der Waals surface area (Å²) < 4.78 is 68.6. The van der Waals surface area contributed by atoms with Gasteiger partial charge in [-0.15, -0.1) is 0 Å². The minimum absolute atomic E-state index is 0.130. The summed E-state index contributed by atoms with van der Waals surface area (Å²) in [5.41, 5.74) is 12.0. The van der Waals surface area contributed by atoms with Crippen LogP contribution in [0.4, 0.5) is 0 Å². The molecule has 3 aliphatic carbocycles. The summed E-state index contributed by atoms with van der Waals surface area (Å²) in [5.74, 6) is 11.8. The third-order valence-corrected chi connectivity index (χ3v) is 27.6. The lowest BCUT2D eigenvalue weighted by molar-refractivity contribution is -0.117. The fourth-order valence-corrected chi connectivity index (χ4v) is 16.4. The molecule has 0 aromatic heterocycles. The van der Waals surface area contributed by atoms with Crippen molar-refractivity contribution in [3.05, 3.63) is 268 Å². The van der Waals surface area contributed by atoms with E-state index in [0.717, 1.165) is 79.4 Å². The Labute approximate surface area is 863 Å². The van der Waals surface area contributed by atoms with Crippen LogP contribution < -0.4 is 28.4 Å². The average molecular weight is 1960 g/mol. The summed E-state index contributed by atoms with van der Waals surface area (Å²) in [6.07, 6.45) is 30.3. The summed E-state index contributed by atoms with van der Waals surface area (Å²) >= 11 is 0. The van der Waals surface area contributed by atoms with Crippen LogP contribution in [0, 0.1) is 0 Å². The monoisotopic (exact) mass is 1960 g/mol. The van der Waals surface area contributed by atoms with Crippen molar-refractivity contribution in [3.63, 3.8) is 0 Å². The lowest BCUT2D eigenvalue weighted by Crippen LogP contribution is -2.26. The highest BCUT2D eigenvalue weighted by atomic mass is 16.7. The van der Waals surface area contributed by atoms with Crippen molar-refractivity contribution < 1.29 is 72.2 Å². The smallest absolute Gasteiger partial charge is 0.199 e. The summed E-state index contributed by atoms with van der Waals surface area (Å²) in [4.78, 5) is 0. The summed E-state index contributed by atoms with van der Waals surface area (Å²) in [6.45, 7) is 59.6. The van der Waals surface area contributed by atoms with Gasteiger partial charge in [-0.3, -0.25) is 0 Å². The maximum Gasteiger partial charge on any atom is 0.199 e. The van der Waals surface area contributed by atoms with Crippen molar-refractivity contribution in [1.29, 1.82) is 0 Å². The van der Waals surface area contributed by atoms with Gasteiger partial charge in [-0.05, 0) is 364 Å². The third kappa shape index (κ3) is 52.1.